The van der Waals surface area contributed by atoms with Gasteiger partial charge in [0.2, 0.25) is 10.0 Å². The molecule has 1 aromatic carbocycles. The molecule has 0 aliphatic carbocycles. The third kappa shape index (κ3) is 3.69. The lowest BCUT2D eigenvalue weighted by Crippen LogP contribution is -2.35. The normalized spacial score (nSPS) is 20.9. The number of sulfonamides is 1. The van der Waals surface area contributed by atoms with Crippen molar-refractivity contribution in [2.24, 2.45) is 5.41 Å². The summed E-state index contributed by atoms with van der Waals surface area (Å²) < 4.78 is 26.5. The van der Waals surface area contributed by atoms with Crippen molar-refractivity contribution in [3.8, 4) is 0 Å². The molecule has 1 amide bonds. The SMILES string of the molecule is CCN(CC)S(=O)(=O)c1cccc(C(=O)N2CCC(C)(C(=O)O)C2)c1. The summed E-state index contributed by atoms with van der Waals surface area (Å²) in [6.45, 7) is 6.28. The lowest BCUT2D eigenvalue weighted by atomic mass is 9.90. The van der Waals surface area contributed by atoms with E-state index in [0.717, 1.165) is 0 Å². The molecule has 0 bridgehead atoms. The molecule has 1 aromatic rings. The average Bonchev–Trinajstić information content (AvgIpc) is 2.99. The van der Waals surface area contributed by atoms with Gasteiger partial charge in [-0.1, -0.05) is 19.9 Å². The number of nitrogens with zero attached hydrogens (tertiary/aromatic N) is 2. The highest BCUT2D eigenvalue weighted by Crippen LogP contribution is 2.31. The molecular formula is C17H24N2O5S. The van der Waals surface area contributed by atoms with Crippen LogP contribution >= 0.6 is 0 Å². The topological polar surface area (TPSA) is 95.0 Å². The largest absolute Gasteiger partial charge is 0.481 e. The van der Waals surface area contributed by atoms with Crippen LogP contribution in [0, 0.1) is 5.41 Å². The number of carbonyl (C=O) groups is 2. The van der Waals surface area contributed by atoms with Gasteiger partial charge in [0.05, 0.1) is 10.3 Å². The van der Waals surface area contributed by atoms with Gasteiger partial charge >= 0.3 is 5.97 Å². The molecule has 0 radical (unpaired) electrons. The zero-order chi connectivity index (χ0) is 18.8. The highest BCUT2D eigenvalue weighted by atomic mass is 32.2. The predicted octanol–water partition coefficient (Wildman–Crippen LogP) is 1.65. The van der Waals surface area contributed by atoms with E-state index >= 15 is 0 Å². The first kappa shape index (κ1) is 19.4. The van der Waals surface area contributed by atoms with E-state index in [1.807, 2.05) is 0 Å². The molecule has 7 nitrogen and oxygen atoms in total. The number of benzene rings is 1. The zero-order valence-corrected chi connectivity index (χ0v) is 15.5. The molecule has 1 aliphatic rings. The van der Waals surface area contributed by atoms with Crippen molar-refractivity contribution >= 4 is 21.9 Å². The molecule has 25 heavy (non-hydrogen) atoms. The van der Waals surface area contributed by atoms with Gasteiger partial charge in [0.25, 0.3) is 5.91 Å². The van der Waals surface area contributed by atoms with Gasteiger partial charge in [-0.15, -0.1) is 0 Å². The third-order valence-corrected chi connectivity index (χ3v) is 6.75. The summed E-state index contributed by atoms with van der Waals surface area (Å²) in [5.74, 6) is -1.28. The van der Waals surface area contributed by atoms with Crippen LogP contribution in [0.15, 0.2) is 29.2 Å². The maximum atomic E-state index is 12.7. The Hall–Kier alpha value is -1.93. The molecule has 0 aromatic heterocycles. The first-order valence-corrected chi connectivity index (χ1v) is 9.72. The van der Waals surface area contributed by atoms with E-state index in [-0.39, 0.29) is 22.9 Å². The number of carboxylic acid groups (broad SMARTS) is 1. The molecule has 1 fully saturated rings. The van der Waals surface area contributed by atoms with Crippen LogP contribution in [0.5, 0.6) is 0 Å². The monoisotopic (exact) mass is 368 g/mol. The second-order valence-corrected chi connectivity index (χ2v) is 8.40. The Morgan fingerprint density at radius 2 is 1.92 bits per heavy atom. The number of carbonyl (C=O) groups excluding carboxylic acids is 1. The van der Waals surface area contributed by atoms with Crippen molar-refractivity contribution in [1.29, 1.82) is 0 Å². The Kier molecular flexibility index (Phi) is 5.53. The van der Waals surface area contributed by atoms with Crippen LogP contribution in [0.25, 0.3) is 0 Å². The van der Waals surface area contributed by atoms with Crippen molar-refractivity contribution in [3.63, 3.8) is 0 Å². The Labute approximate surface area is 148 Å². The maximum Gasteiger partial charge on any atom is 0.311 e. The van der Waals surface area contributed by atoms with Gasteiger partial charge < -0.3 is 10.0 Å². The van der Waals surface area contributed by atoms with Gasteiger partial charge in [0.15, 0.2) is 0 Å². The van der Waals surface area contributed by atoms with Crippen LogP contribution in [0.4, 0.5) is 0 Å². The van der Waals surface area contributed by atoms with Gasteiger partial charge in [-0.3, -0.25) is 9.59 Å². The molecule has 2 rings (SSSR count). The molecule has 0 saturated carbocycles. The van der Waals surface area contributed by atoms with Crippen molar-refractivity contribution in [2.45, 2.75) is 32.1 Å². The van der Waals surface area contributed by atoms with E-state index in [9.17, 15) is 23.1 Å². The van der Waals surface area contributed by atoms with Crippen molar-refractivity contribution in [1.82, 2.24) is 9.21 Å². The molecule has 1 saturated heterocycles. The van der Waals surface area contributed by atoms with Crippen molar-refractivity contribution in [2.75, 3.05) is 26.2 Å². The molecule has 0 spiro atoms. The van der Waals surface area contributed by atoms with Crippen LogP contribution in [0.1, 0.15) is 37.6 Å². The van der Waals surface area contributed by atoms with E-state index in [1.165, 1.54) is 27.4 Å². The summed E-state index contributed by atoms with van der Waals surface area (Å²) in [7, 11) is -3.65. The third-order valence-electron chi connectivity index (χ3n) is 4.70. The lowest BCUT2D eigenvalue weighted by Gasteiger charge is -2.21. The van der Waals surface area contributed by atoms with Gasteiger partial charge in [-0.2, -0.15) is 4.31 Å². The van der Waals surface area contributed by atoms with Gasteiger partial charge in [-0.05, 0) is 31.5 Å². The average molecular weight is 368 g/mol. The molecule has 8 heteroatoms. The fraction of sp³-hybridized carbons (Fsp3) is 0.529. The summed E-state index contributed by atoms with van der Waals surface area (Å²) in [6.07, 6.45) is 0.380. The minimum atomic E-state index is -3.65. The van der Waals surface area contributed by atoms with Crippen molar-refractivity contribution in [3.05, 3.63) is 29.8 Å². The minimum absolute atomic E-state index is 0.0715. The number of amides is 1. The van der Waals surface area contributed by atoms with E-state index in [2.05, 4.69) is 0 Å². The highest BCUT2D eigenvalue weighted by Gasteiger charge is 2.42. The van der Waals surface area contributed by atoms with Crippen LogP contribution < -0.4 is 0 Å². The molecule has 1 atom stereocenters. The van der Waals surface area contributed by atoms with Crippen LogP contribution in [0.3, 0.4) is 0 Å². The zero-order valence-electron chi connectivity index (χ0n) is 14.7. The molecule has 1 unspecified atom stereocenters. The fourth-order valence-electron chi connectivity index (χ4n) is 2.99. The van der Waals surface area contributed by atoms with E-state index in [4.69, 9.17) is 0 Å². The molecule has 1 aliphatic heterocycles. The van der Waals surface area contributed by atoms with Crippen molar-refractivity contribution < 1.29 is 23.1 Å². The number of rotatable bonds is 6. The first-order valence-electron chi connectivity index (χ1n) is 8.28. The maximum absolute atomic E-state index is 12.7. The molecular weight excluding hydrogens is 344 g/mol. The number of carboxylic acids is 1. The Balaban J connectivity index is 2.28. The molecule has 1 N–H and O–H groups in total. The Morgan fingerprint density at radius 1 is 1.28 bits per heavy atom. The molecule has 138 valence electrons. The van der Waals surface area contributed by atoms with Gasteiger partial charge in [-0.25, -0.2) is 8.42 Å². The second kappa shape index (κ2) is 7.13. The Bertz CT molecular complexity index is 773. The Morgan fingerprint density at radius 3 is 2.44 bits per heavy atom. The summed E-state index contributed by atoms with van der Waals surface area (Å²) in [6, 6.07) is 5.93. The van der Waals surface area contributed by atoms with Crippen LogP contribution in [-0.4, -0.2) is 60.8 Å². The first-order chi connectivity index (χ1) is 11.7. The van der Waals surface area contributed by atoms with E-state index < -0.39 is 21.4 Å². The number of aliphatic carboxylic acids is 1. The summed E-state index contributed by atoms with van der Waals surface area (Å²) >= 11 is 0. The second-order valence-electron chi connectivity index (χ2n) is 6.46. The van der Waals surface area contributed by atoms with Crippen LogP contribution in [-0.2, 0) is 14.8 Å². The fourth-order valence-corrected chi connectivity index (χ4v) is 4.50. The summed E-state index contributed by atoms with van der Waals surface area (Å²) in [4.78, 5) is 25.5. The number of hydrogen-bond acceptors (Lipinski definition) is 4. The minimum Gasteiger partial charge on any atom is -0.481 e. The lowest BCUT2D eigenvalue weighted by molar-refractivity contribution is -0.147. The number of hydrogen-bond donors (Lipinski definition) is 1. The van der Waals surface area contributed by atoms with E-state index in [1.54, 1.807) is 26.8 Å². The van der Waals surface area contributed by atoms with Crippen LogP contribution in [0.2, 0.25) is 0 Å². The highest BCUT2D eigenvalue weighted by molar-refractivity contribution is 7.89. The standard InChI is InChI=1S/C17H24N2O5S/c1-4-19(5-2)25(23,24)14-8-6-7-13(11-14)15(20)18-10-9-17(3,12-18)16(21)22/h6-8,11H,4-5,9-10,12H2,1-3H3,(H,21,22). The summed E-state index contributed by atoms with van der Waals surface area (Å²) in [5, 5.41) is 9.29. The quantitative estimate of drug-likeness (QED) is 0.824. The van der Waals surface area contributed by atoms with Gasteiger partial charge in [0, 0.05) is 31.7 Å². The van der Waals surface area contributed by atoms with E-state index in [0.29, 0.717) is 26.1 Å². The predicted molar refractivity (Wildman–Crippen MR) is 92.8 cm³/mol. The summed E-state index contributed by atoms with van der Waals surface area (Å²) in [5.41, 5.74) is -0.705. The number of likely N-dealkylation sites (tertiary alicyclic amines) is 1. The van der Waals surface area contributed by atoms with Gasteiger partial charge in [0.1, 0.15) is 0 Å². The smallest absolute Gasteiger partial charge is 0.311 e. The molecule has 1 heterocycles.